The quantitative estimate of drug-likeness (QED) is 0.406. The molecule has 0 aromatic heterocycles. The first-order valence-electron chi connectivity index (χ1n) is 13.7. The molecular formula is C30H48O. The number of Topliss-reactive ketones (excluding diaryl/α,β-unsaturated/α-hetero) is 1. The zero-order valence-electron chi connectivity index (χ0n) is 21.4. The van der Waals surface area contributed by atoms with Crippen molar-refractivity contribution in [2.24, 2.45) is 57.2 Å². The van der Waals surface area contributed by atoms with Crippen LogP contribution in [0.3, 0.4) is 0 Å². The van der Waals surface area contributed by atoms with E-state index in [1.165, 1.54) is 69.8 Å². The summed E-state index contributed by atoms with van der Waals surface area (Å²) in [5.74, 6) is 4.84. The van der Waals surface area contributed by atoms with Crippen LogP contribution in [0, 0.1) is 57.2 Å². The average Bonchev–Trinajstić information content (AvgIpc) is 3.31. The summed E-state index contributed by atoms with van der Waals surface area (Å²) in [6, 6.07) is 0. The summed E-state index contributed by atoms with van der Waals surface area (Å²) in [6.07, 6.45) is 14.6. The van der Waals surface area contributed by atoms with Gasteiger partial charge in [-0.1, -0.05) is 53.7 Å². The first-order valence-corrected chi connectivity index (χ1v) is 13.7. The van der Waals surface area contributed by atoms with Gasteiger partial charge in [0.25, 0.3) is 0 Å². The summed E-state index contributed by atoms with van der Waals surface area (Å²) in [7, 11) is 0. The van der Waals surface area contributed by atoms with Gasteiger partial charge in [0.15, 0.2) is 0 Å². The molecule has 2 spiro atoms. The van der Waals surface area contributed by atoms with Crippen molar-refractivity contribution >= 4 is 5.78 Å². The summed E-state index contributed by atoms with van der Waals surface area (Å²) >= 11 is 0. The van der Waals surface area contributed by atoms with Crippen molar-refractivity contribution < 1.29 is 4.79 Å². The average molecular weight is 425 g/mol. The molecule has 174 valence electrons. The van der Waals surface area contributed by atoms with Crippen molar-refractivity contribution in [1.29, 1.82) is 0 Å². The van der Waals surface area contributed by atoms with Gasteiger partial charge in [0.2, 0.25) is 0 Å². The maximum atomic E-state index is 12.5. The molecule has 0 heterocycles. The zero-order chi connectivity index (χ0) is 22.4. The molecule has 1 nitrogen and oxygen atoms in total. The highest BCUT2D eigenvalue weighted by molar-refractivity contribution is 5.82. The highest BCUT2D eigenvalue weighted by Gasteiger charge is 2.81. The van der Waals surface area contributed by atoms with Gasteiger partial charge < -0.3 is 0 Å². The van der Waals surface area contributed by atoms with Crippen LogP contribution in [0.15, 0.2) is 12.2 Å². The predicted molar refractivity (Wildman–Crippen MR) is 130 cm³/mol. The van der Waals surface area contributed by atoms with E-state index in [1.807, 2.05) is 0 Å². The molecule has 0 bridgehead atoms. The van der Waals surface area contributed by atoms with E-state index in [1.54, 1.807) is 0 Å². The van der Waals surface area contributed by atoms with Crippen molar-refractivity contribution in [1.82, 2.24) is 0 Å². The van der Waals surface area contributed by atoms with Crippen molar-refractivity contribution in [2.45, 2.75) is 112 Å². The Labute approximate surface area is 192 Å². The monoisotopic (exact) mass is 424 g/mol. The predicted octanol–water partition coefficient (Wildman–Crippen LogP) is 8.23. The normalized spacial score (nSPS) is 51.5. The van der Waals surface area contributed by atoms with E-state index in [2.05, 4.69) is 48.1 Å². The third-order valence-electron chi connectivity index (χ3n) is 13.0. The maximum absolute atomic E-state index is 12.5. The van der Waals surface area contributed by atoms with Crippen LogP contribution in [0.1, 0.15) is 112 Å². The maximum Gasteiger partial charge on any atom is 0.136 e. The largest absolute Gasteiger partial charge is 0.299 e. The number of rotatable bonds is 5. The molecule has 5 fully saturated rings. The van der Waals surface area contributed by atoms with Gasteiger partial charge in [-0.3, -0.25) is 4.79 Å². The lowest BCUT2D eigenvalue weighted by Crippen LogP contribution is -2.55. The Hall–Kier alpha value is -0.590. The van der Waals surface area contributed by atoms with E-state index in [0.29, 0.717) is 45.2 Å². The molecule has 0 amide bonds. The SMILES string of the molecule is C=C(CCC(C)C1CC[C@@]2(C)[C@@H]3CC[C@H]4[C@H](C)C(=O)CC[C@@]45C[C@@]35CC[C@]12C)C(C)C. The van der Waals surface area contributed by atoms with Crippen LogP contribution < -0.4 is 0 Å². The number of carbonyl (C=O) groups excluding carboxylic acids is 1. The van der Waals surface area contributed by atoms with Gasteiger partial charge in [0, 0.05) is 12.3 Å². The number of ketones is 1. The number of allylic oxidation sites excluding steroid dienone is 1. The molecule has 9 atom stereocenters. The van der Waals surface area contributed by atoms with E-state index in [9.17, 15) is 4.79 Å². The Bertz CT molecular complexity index is 779. The Morgan fingerprint density at radius 1 is 1.00 bits per heavy atom. The second-order valence-electron chi connectivity index (χ2n) is 13.8. The van der Waals surface area contributed by atoms with Gasteiger partial charge in [-0.15, -0.1) is 0 Å². The van der Waals surface area contributed by atoms with E-state index in [4.69, 9.17) is 0 Å². The van der Waals surface area contributed by atoms with Gasteiger partial charge in [-0.25, -0.2) is 0 Å². The fourth-order valence-electron chi connectivity index (χ4n) is 10.7. The number of fused-ring (bicyclic) bond motifs is 2. The molecule has 5 rings (SSSR count). The Morgan fingerprint density at radius 2 is 1.74 bits per heavy atom. The third kappa shape index (κ3) is 2.70. The molecule has 5 aliphatic carbocycles. The number of hydrogen-bond donors (Lipinski definition) is 0. The summed E-state index contributed by atoms with van der Waals surface area (Å²) in [5.41, 5.74) is 3.61. The molecule has 0 radical (unpaired) electrons. The summed E-state index contributed by atoms with van der Waals surface area (Å²) in [4.78, 5) is 12.5. The van der Waals surface area contributed by atoms with E-state index in [-0.39, 0.29) is 0 Å². The van der Waals surface area contributed by atoms with Crippen LogP contribution >= 0.6 is 0 Å². The van der Waals surface area contributed by atoms with Crippen LogP contribution in [0.5, 0.6) is 0 Å². The molecule has 0 aliphatic heterocycles. The first kappa shape index (κ1) is 22.2. The summed E-state index contributed by atoms with van der Waals surface area (Å²) < 4.78 is 0. The highest BCUT2D eigenvalue weighted by Crippen LogP contribution is 2.88. The number of hydrogen-bond acceptors (Lipinski definition) is 1. The van der Waals surface area contributed by atoms with Crippen molar-refractivity contribution in [3.05, 3.63) is 12.2 Å². The van der Waals surface area contributed by atoms with Crippen LogP contribution in [0.4, 0.5) is 0 Å². The van der Waals surface area contributed by atoms with Crippen LogP contribution in [0.25, 0.3) is 0 Å². The molecular weight excluding hydrogens is 376 g/mol. The standard InChI is InChI=1S/C30H48O/c1-19(2)20(3)8-9-21(4)23-12-14-28(7)26-11-10-24-22(5)25(31)13-15-29(24)18-30(26,29)17-16-27(23,28)6/h19,21-24,26H,3,8-18H2,1-2,4-7H3/t21?,22-,23?,24-,26-,27+,28-,29+,30-/m0/s1. The molecule has 5 aliphatic rings. The molecule has 0 saturated heterocycles. The lowest BCUT2D eigenvalue weighted by atomic mass is 9.43. The zero-order valence-corrected chi connectivity index (χ0v) is 21.4. The number of carbonyl (C=O) groups is 1. The van der Waals surface area contributed by atoms with Gasteiger partial charge in [-0.05, 0) is 115 Å². The molecule has 31 heavy (non-hydrogen) atoms. The van der Waals surface area contributed by atoms with Crippen LogP contribution in [-0.4, -0.2) is 5.78 Å². The van der Waals surface area contributed by atoms with Crippen molar-refractivity contribution in [3.63, 3.8) is 0 Å². The van der Waals surface area contributed by atoms with E-state index < -0.39 is 0 Å². The van der Waals surface area contributed by atoms with Crippen molar-refractivity contribution in [3.8, 4) is 0 Å². The third-order valence-corrected chi connectivity index (χ3v) is 13.0. The van der Waals surface area contributed by atoms with Crippen LogP contribution in [-0.2, 0) is 4.79 Å². The molecule has 0 N–H and O–H groups in total. The Morgan fingerprint density at radius 3 is 2.45 bits per heavy atom. The minimum atomic E-state index is 0.334. The minimum absolute atomic E-state index is 0.334. The minimum Gasteiger partial charge on any atom is -0.299 e. The Kier molecular flexibility index (Phi) is 4.99. The van der Waals surface area contributed by atoms with Gasteiger partial charge in [-0.2, -0.15) is 0 Å². The molecule has 0 aromatic rings. The fourth-order valence-corrected chi connectivity index (χ4v) is 10.7. The lowest BCUT2D eigenvalue weighted by molar-refractivity contribution is -0.146. The second-order valence-corrected chi connectivity index (χ2v) is 13.8. The lowest BCUT2D eigenvalue weighted by Gasteiger charge is -2.61. The molecule has 1 heteroatoms. The molecule has 0 aromatic carbocycles. The molecule has 2 unspecified atom stereocenters. The van der Waals surface area contributed by atoms with Crippen molar-refractivity contribution in [2.75, 3.05) is 0 Å². The van der Waals surface area contributed by atoms with E-state index in [0.717, 1.165) is 24.2 Å². The topological polar surface area (TPSA) is 17.1 Å². The van der Waals surface area contributed by atoms with Gasteiger partial charge >= 0.3 is 0 Å². The van der Waals surface area contributed by atoms with Gasteiger partial charge in [0.05, 0.1) is 0 Å². The molecule has 5 saturated carbocycles. The fraction of sp³-hybridized carbons (Fsp3) is 0.900. The highest BCUT2D eigenvalue weighted by atomic mass is 16.1. The Balaban J connectivity index is 1.38. The van der Waals surface area contributed by atoms with Gasteiger partial charge in [0.1, 0.15) is 5.78 Å². The van der Waals surface area contributed by atoms with E-state index >= 15 is 0 Å². The smallest absolute Gasteiger partial charge is 0.136 e. The van der Waals surface area contributed by atoms with Crippen LogP contribution in [0.2, 0.25) is 0 Å². The summed E-state index contributed by atoms with van der Waals surface area (Å²) in [5, 5.41) is 0. The summed E-state index contributed by atoms with van der Waals surface area (Å²) in [6.45, 7) is 19.2. The second kappa shape index (κ2) is 6.96. The first-order chi connectivity index (χ1) is 14.5.